The molecule has 0 saturated carbocycles. The summed E-state index contributed by atoms with van der Waals surface area (Å²) in [6, 6.07) is 8.27. The van der Waals surface area contributed by atoms with Crippen LogP contribution in [0.25, 0.3) is 0 Å². The number of rotatable bonds is 8. The van der Waals surface area contributed by atoms with E-state index in [2.05, 4.69) is 36.2 Å². The van der Waals surface area contributed by atoms with E-state index in [0.717, 1.165) is 18.8 Å². The molecule has 1 rings (SSSR count). The zero-order valence-corrected chi connectivity index (χ0v) is 13.8. The second-order valence-electron chi connectivity index (χ2n) is 5.41. The van der Waals surface area contributed by atoms with Crippen LogP contribution < -0.4 is 10.1 Å². The SMILES string of the molecule is CCN(CC)C(CNC(=O)C(C)C)c1ccc(OC)cc1. The van der Waals surface area contributed by atoms with Gasteiger partial charge in [0.25, 0.3) is 0 Å². The molecule has 0 aliphatic carbocycles. The summed E-state index contributed by atoms with van der Waals surface area (Å²) >= 11 is 0. The molecule has 1 amide bonds. The third-order valence-electron chi connectivity index (χ3n) is 3.75. The van der Waals surface area contributed by atoms with Gasteiger partial charge in [0, 0.05) is 12.5 Å². The monoisotopic (exact) mass is 292 g/mol. The summed E-state index contributed by atoms with van der Waals surface area (Å²) < 4.78 is 5.21. The van der Waals surface area contributed by atoms with Gasteiger partial charge < -0.3 is 10.1 Å². The molecule has 21 heavy (non-hydrogen) atoms. The Morgan fingerprint density at radius 2 is 1.76 bits per heavy atom. The lowest BCUT2D eigenvalue weighted by atomic mass is 10.0. The summed E-state index contributed by atoms with van der Waals surface area (Å²) in [5.41, 5.74) is 1.20. The predicted octanol–water partition coefficient (Wildman–Crippen LogP) is 2.85. The van der Waals surface area contributed by atoms with Crippen molar-refractivity contribution in [1.29, 1.82) is 0 Å². The van der Waals surface area contributed by atoms with E-state index < -0.39 is 0 Å². The van der Waals surface area contributed by atoms with Crippen LogP contribution in [0.1, 0.15) is 39.3 Å². The molecule has 0 heterocycles. The maximum atomic E-state index is 11.8. The quantitative estimate of drug-likeness (QED) is 0.801. The standard InChI is InChI=1S/C17H28N2O2/c1-6-19(7-2)16(12-18-17(20)13(3)4)14-8-10-15(21-5)11-9-14/h8-11,13,16H,6-7,12H2,1-5H3,(H,18,20). The lowest BCUT2D eigenvalue weighted by Gasteiger charge is -2.30. The van der Waals surface area contributed by atoms with Gasteiger partial charge in [0.15, 0.2) is 0 Å². The van der Waals surface area contributed by atoms with E-state index in [9.17, 15) is 4.79 Å². The van der Waals surface area contributed by atoms with E-state index in [4.69, 9.17) is 4.74 Å². The van der Waals surface area contributed by atoms with Gasteiger partial charge in [0.05, 0.1) is 13.2 Å². The first-order valence-electron chi connectivity index (χ1n) is 7.69. The third-order valence-corrected chi connectivity index (χ3v) is 3.75. The minimum atomic E-state index is 0.0122. The molecule has 0 fully saturated rings. The Balaban J connectivity index is 2.87. The molecular formula is C17H28N2O2. The van der Waals surface area contributed by atoms with Gasteiger partial charge in [-0.05, 0) is 30.8 Å². The first-order chi connectivity index (χ1) is 10.0. The van der Waals surface area contributed by atoms with Gasteiger partial charge in [-0.25, -0.2) is 0 Å². The van der Waals surface area contributed by atoms with Crippen LogP contribution in [-0.4, -0.2) is 37.6 Å². The minimum absolute atomic E-state index is 0.0122. The number of carbonyl (C=O) groups excluding carboxylic acids is 1. The van der Waals surface area contributed by atoms with Gasteiger partial charge >= 0.3 is 0 Å². The van der Waals surface area contributed by atoms with Crippen molar-refractivity contribution < 1.29 is 9.53 Å². The highest BCUT2D eigenvalue weighted by Gasteiger charge is 2.19. The maximum Gasteiger partial charge on any atom is 0.222 e. The highest BCUT2D eigenvalue weighted by molar-refractivity contribution is 5.77. The fourth-order valence-electron chi connectivity index (χ4n) is 2.35. The number of ether oxygens (including phenoxy) is 1. The zero-order chi connectivity index (χ0) is 15.8. The van der Waals surface area contributed by atoms with Crippen LogP contribution in [-0.2, 0) is 4.79 Å². The van der Waals surface area contributed by atoms with Gasteiger partial charge in [-0.1, -0.05) is 39.8 Å². The Labute approximate surface area is 128 Å². The van der Waals surface area contributed by atoms with Crippen molar-refractivity contribution in [3.05, 3.63) is 29.8 Å². The summed E-state index contributed by atoms with van der Waals surface area (Å²) in [5, 5.41) is 3.05. The molecule has 0 aromatic heterocycles. The molecule has 1 N–H and O–H groups in total. The van der Waals surface area contributed by atoms with Crippen LogP contribution in [0.3, 0.4) is 0 Å². The highest BCUT2D eigenvalue weighted by atomic mass is 16.5. The largest absolute Gasteiger partial charge is 0.497 e. The van der Waals surface area contributed by atoms with E-state index in [-0.39, 0.29) is 17.9 Å². The number of methoxy groups -OCH3 is 1. The Morgan fingerprint density at radius 3 is 2.19 bits per heavy atom. The number of nitrogens with zero attached hydrogens (tertiary/aromatic N) is 1. The van der Waals surface area contributed by atoms with E-state index in [0.29, 0.717) is 6.54 Å². The van der Waals surface area contributed by atoms with E-state index in [1.165, 1.54) is 5.56 Å². The molecule has 1 aromatic carbocycles. The molecule has 0 saturated heterocycles. The lowest BCUT2D eigenvalue weighted by molar-refractivity contribution is -0.124. The number of likely N-dealkylation sites (N-methyl/N-ethyl adjacent to an activating group) is 1. The molecule has 4 nitrogen and oxygen atoms in total. The smallest absolute Gasteiger partial charge is 0.222 e. The first-order valence-corrected chi connectivity index (χ1v) is 7.69. The zero-order valence-electron chi connectivity index (χ0n) is 13.8. The number of hydrogen-bond donors (Lipinski definition) is 1. The fraction of sp³-hybridized carbons (Fsp3) is 0.588. The van der Waals surface area contributed by atoms with E-state index in [1.54, 1.807) is 7.11 Å². The number of nitrogens with one attached hydrogen (secondary N) is 1. The van der Waals surface area contributed by atoms with Crippen molar-refractivity contribution in [2.75, 3.05) is 26.7 Å². The Morgan fingerprint density at radius 1 is 1.19 bits per heavy atom. The fourth-order valence-corrected chi connectivity index (χ4v) is 2.35. The molecule has 0 aliphatic heterocycles. The van der Waals surface area contributed by atoms with E-state index in [1.807, 2.05) is 26.0 Å². The summed E-state index contributed by atoms with van der Waals surface area (Å²) in [7, 11) is 1.67. The highest BCUT2D eigenvalue weighted by Crippen LogP contribution is 2.22. The average Bonchev–Trinajstić information content (AvgIpc) is 2.51. The maximum absolute atomic E-state index is 11.8. The first kappa shape index (κ1) is 17.5. The van der Waals surface area contributed by atoms with Crippen LogP contribution in [0, 0.1) is 5.92 Å². The Bertz CT molecular complexity index is 425. The van der Waals surface area contributed by atoms with Crippen LogP contribution >= 0.6 is 0 Å². The van der Waals surface area contributed by atoms with Gasteiger partial charge in [0.2, 0.25) is 5.91 Å². The number of amides is 1. The molecule has 0 bridgehead atoms. The molecule has 1 atom stereocenters. The molecule has 1 aromatic rings. The van der Waals surface area contributed by atoms with Crippen molar-refractivity contribution in [2.45, 2.75) is 33.7 Å². The molecule has 118 valence electrons. The van der Waals surface area contributed by atoms with Crippen LogP contribution in [0.15, 0.2) is 24.3 Å². The van der Waals surface area contributed by atoms with Crippen LogP contribution in [0.2, 0.25) is 0 Å². The summed E-state index contributed by atoms with van der Waals surface area (Å²) in [5.74, 6) is 0.960. The molecule has 1 unspecified atom stereocenters. The summed E-state index contributed by atoms with van der Waals surface area (Å²) in [6.45, 7) is 10.6. The Kier molecular flexibility index (Phi) is 7.23. The molecule has 0 radical (unpaired) electrons. The summed E-state index contributed by atoms with van der Waals surface area (Å²) in [4.78, 5) is 14.2. The average molecular weight is 292 g/mol. The van der Waals surface area contributed by atoms with Crippen LogP contribution in [0.4, 0.5) is 0 Å². The number of carbonyl (C=O) groups is 1. The topological polar surface area (TPSA) is 41.6 Å². The van der Waals surface area contributed by atoms with Gasteiger partial charge in [-0.15, -0.1) is 0 Å². The molecular weight excluding hydrogens is 264 g/mol. The van der Waals surface area contributed by atoms with Crippen molar-refractivity contribution in [1.82, 2.24) is 10.2 Å². The van der Waals surface area contributed by atoms with Crippen LogP contribution in [0.5, 0.6) is 5.75 Å². The Hall–Kier alpha value is -1.55. The lowest BCUT2D eigenvalue weighted by Crippen LogP contribution is -2.39. The van der Waals surface area contributed by atoms with E-state index >= 15 is 0 Å². The second kappa shape index (κ2) is 8.67. The van der Waals surface area contributed by atoms with Crippen molar-refractivity contribution in [2.24, 2.45) is 5.92 Å². The molecule has 4 heteroatoms. The van der Waals surface area contributed by atoms with Gasteiger partial charge in [0.1, 0.15) is 5.75 Å². The second-order valence-corrected chi connectivity index (χ2v) is 5.41. The number of benzene rings is 1. The van der Waals surface area contributed by atoms with Crippen molar-refractivity contribution >= 4 is 5.91 Å². The minimum Gasteiger partial charge on any atom is -0.497 e. The third kappa shape index (κ3) is 5.05. The molecule has 0 aliphatic rings. The molecule has 0 spiro atoms. The summed E-state index contributed by atoms with van der Waals surface area (Å²) in [6.07, 6.45) is 0. The van der Waals surface area contributed by atoms with Gasteiger partial charge in [-0.2, -0.15) is 0 Å². The predicted molar refractivity (Wildman–Crippen MR) is 86.5 cm³/mol. The number of hydrogen-bond acceptors (Lipinski definition) is 3. The normalized spacial score (nSPS) is 12.5. The van der Waals surface area contributed by atoms with Gasteiger partial charge in [-0.3, -0.25) is 9.69 Å². The van der Waals surface area contributed by atoms with Crippen molar-refractivity contribution in [3.8, 4) is 5.75 Å². The van der Waals surface area contributed by atoms with Crippen molar-refractivity contribution in [3.63, 3.8) is 0 Å².